The molecule has 0 aromatic carbocycles. The molecule has 1 aromatic heterocycles. The third kappa shape index (κ3) is 3.08. The predicted molar refractivity (Wildman–Crippen MR) is 123 cm³/mol. The molecule has 5 rings (SSSR count). The highest BCUT2D eigenvalue weighted by Gasteiger charge is 2.59. The van der Waals surface area contributed by atoms with Gasteiger partial charge in [-0.1, -0.05) is 26.8 Å². The van der Waals surface area contributed by atoms with Crippen LogP contribution >= 0.6 is 0 Å². The number of carbonyl (C=O) groups is 1. The number of carbonyl (C=O) groups excluding carboxylic acids is 1. The van der Waals surface area contributed by atoms with Crippen LogP contribution in [0.1, 0.15) is 76.8 Å². The second-order valence-corrected chi connectivity index (χ2v) is 11.0. The molecular weight excluding hydrogens is 384 g/mol. The van der Waals surface area contributed by atoms with Crippen molar-refractivity contribution in [2.24, 2.45) is 28.6 Å². The first-order valence-corrected chi connectivity index (χ1v) is 12.4. The second kappa shape index (κ2) is 7.64. The lowest BCUT2D eigenvalue weighted by Gasteiger charge is -2.62. The van der Waals surface area contributed by atoms with Crippen molar-refractivity contribution in [2.45, 2.75) is 78.2 Å². The smallest absolute Gasteiger partial charge is 0.409 e. The van der Waals surface area contributed by atoms with Gasteiger partial charge < -0.3 is 9.64 Å². The van der Waals surface area contributed by atoms with Crippen LogP contribution in [-0.4, -0.2) is 35.7 Å². The molecule has 0 radical (unpaired) electrons. The van der Waals surface area contributed by atoms with Crippen LogP contribution in [0.3, 0.4) is 0 Å². The van der Waals surface area contributed by atoms with Crippen molar-refractivity contribution >= 4 is 11.7 Å². The monoisotopic (exact) mass is 422 g/mol. The number of ether oxygens (including phenoxy) is 1. The summed E-state index contributed by atoms with van der Waals surface area (Å²) in [5.74, 6) is 2.19. The molecule has 2 saturated carbocycles. The van der Waals surface area contributed by atoms with Crippen molar-refractivity contribution in [1.82, 2.24) is 9.88 Å². The van der Waals surface area contributed by atoms with Crippen LogP contribution in [0.5, 0.6) is 0 Å². The third-order valence-electron chi connectivity index (χ3n) is 9.81. The van der Waals surface area contributed by atoms with Crippen LogP contribution in [0.2, 0.25) is 0 Å². The van der Waals surface area contributed by atoms with Crippen molar-refractivity contribution < 1.29 is 9.53 Å². The average Bonchev–Trinajstić information content (AvgIpc) is 3.15. The number of nitrogens with zero attached hydrogens (tertiary/aromatic N) is 2. The summed E-state index contributed by atoms with van der Waals surface area (Å²) in [6.07, 6.45) is 16.0. The SMILES string of the molecule is CCc1cncc(C2=CC[C@H]3[C@@H]4CCC5N(C(=O)OC)CCC[C@]5(C)[C@H]4CC[C@]23C)c1. The maximum atomic E-state index is 12.5. The van der Waals surface area contributed by atoms with Gasteiger partial charge in [-0.25, -0.2) is 4.79 Å². The van der Waals surface area contributed by atoms with Crippen LogP contribution < -0.4 is 0 Å². The van der Waals surface area contributed by atoms with E-state index >= 15 is 0 Å². The van der Waals surface area contributed by atoms with Gasteiger partial charge in [0.15, 0.2) is 0 Å². The van der Waals surface area contributed by atoms with Gasteiger partial charge in [0, 0.05) is 25.0 Å². The van der Waals surface area contributed by atoms with Crippen LogP contribution in [0.25, 0.3) is 5.57 Å². The number of pyridine rings is 1. The van der Waals surface area contributed by atoms with Gasteiger partial charge in [0.1, 0.15) is 0 Å². The molecule has 1 saturated heterocycles. The Balaban J connectivity index is 1.43. The number of hydrogen-bond donors (Lipinski definition) is 0. The molecule has 1 unspecified atom stereocenters. The Morgan fingerprint density at radius 1 is 1.19 bits per heavy atom. The molecule has 2 heterocycles. The normalized spacial score (nSPS) is 39.2. The van der Waals surface area contributed by atoms with Crippen molar-refractivity contribution in [3.63, 3.8) is 0 Å². The molecule has 1 aliphatic heterocycles. The molecule has 3 fully saturated rings. The van der Waals surface area contributed by atoms with Crippen LogP contribution in [0.4, 0.5) is 4.79 Å². The summed E-state index contributed by atoms with van der Waals surface area (Å²) in [6.45, 7) is 8.09. The minimum Gasteiger partial charge on any atom is -0.453 e. The van der Waals surface area contributed by atoms with E-state index < -0.39 is 0 Å². The number of fused-ring (bicyclic) bond motifs is 5. The Bertz CT molecular complexity index is 895. The standard InChI is InChI=1S/C27H38N2O2/c1-5-18-15-19(17-28-16-18)21-8-9-22-20-7-10-24-27(3,23(20)11-13-26(21,22)2)12-6-14-29(24)25(30)31-4/h8,15-17,20,22-24H,5-7,9-14H2,1-4H3/t20-,22-,23-,24?,26+,27+/m0/s1. The molecule has 31 heavy (non-hydrogen) atoms. The molecular formula is C27H38N2O2. The lowest BCUT2D eigenvalue weighted by molar-refractivity contribution is -0.109. The fourth-order valence-corrected chi connectivity index (χ4v) is 8.26. The maximum Gasteiger partial charge on any atom is 0.409 e. The number of amides is 1. The molecule has 0 spiro atoms. The number of hydrogen-bond acceptors (Lipinski definition) is 3. The van der Waals surface area contributed by atoms with Crippen LogP contribution in [0.15, 0.2) is 24.5 Å². The molecule has 3 aliphatic carbocycles. The number of aryl methyl sites for hydroxylation is 1. The van der Waals surface area contributed by atoms with Gasteiger partial charge in [-0.15, -0.1) is 0 Å². The van der Waals surface area contributed by atoms with Crippen molar-refractivity contribution in [3.8, 4) is 0 Å². The molecule has 4 heteroatoms. The summed E-state index contributed by atoms with van der Waals surface area (Å²) in [6, 6.07) is 2.71. The number of rotatable bonds is 2. The number of likely N-dealkylation sites (tertiary alicyclic amines) is 1. The van der Waals surface area contributed by atoms with E-state index in [4.69, 9.17) is 4.74 Å². The lowest BCUT2D eigenvalue weighted by atomic mass is 9.46. The zero-order valence-corrected chi connectivity index (χ0v) is 19.7. The highest BCUT2D eigenvalue weighted by atomic mass is 16.5. The van der Waals surface area contributed by atoms with E-state index in [2.05, 4.69) is 49.0 Å². The highest BCUT2D eigenvalue weighted by molar-refractivity contribution is 5.73. The molecule has 4 aliphatic rings. The van der Waals surface area contributed by atoms with E-state index in [1.54, 1.807) is 5.57 Å². The number of piperidine rings is 1. The Kier molecular flexibility index (Phi) is 5.18. The Hall–Kier alpha value is -1.84. The van der Waals surface area contributed by atoms with Gasteiger partial charge in [-0.05, 0) is 103 Å². The van der Waals surface area contributed by atoms with E-state index in [9.17, 15) is 4.79 Å². The summed E-state index contributed by atoms with van der Waals surface area (Å²) < 4.78 is 5.16. The number of allylic oxidation sites excluding steroid dienone is 2. The van der Waals surface area contributed by atoms with Crippen molar-refractivity contribution in [2.75, 3.05) is 13.7 Å². The summed E-state index contributed by atoms with van der Waals surface area (Å²) in [5.41, 5.74) is 4.71. The van der Waals surface area contributed by atoms with Gasteiger partial charge in [0.05, 0.1) is 7.11 Å². The Morgan fingerprint density at radius 2 is 2.03 bits per heavy atom. The maximum absolute atomic E-state index is 12.5. The van der Waals surface area contributed by atoms with Crippen molar-refractivity contribution in [1.29, 1.82) is 0 Å². The summed E-state index contributed by atoms with van der Waals surface area (Å²) in [4.78, 5) is 19.1. The first kappa shape index (κ1) is 21.0. The predicted octanol–water partition coefficient (Wildman–Crippen LogP) is 6.11. The number of aromatic nitrogens is 1. The molecule has 1 aromatic rings. The Morgan fingerprint density at radius 3 is 2.81 bits per heavy atom. The zero-order valence-electron chi connectivity index (χ0n) is 19.7. The number of methoxy groups -OCH3 is 1. The topological polar surface area (TPSA) is 42.4 Å². The Labute approximate surface area is 187 Å². The summed E-state index contributed by atoms with van der Waals surface area (Å²) in [7, 11) is 1.53. The van der Waals surface area contributed by atoms with Gasteiger partial charge in [-0.3, -0.25) is 4.98 Å². The quantitative estimate of drug-likeness (QED) is 0.577. The molecule has 168 valence electrons. The average molecular weight is 423 g/mol. The fraction of sp³-hybridized carbons (Fsp3) is 0.704. The summed E-state index contributed by atoms with van der Waals surface area (Å²) in [5, 5.41) is 0. The van der Waals surface area contributed by atoms with E-state index in [1.165, 1.54) is 50.3 Å². The highest BCUT2D eigenvalue weighted by Crippen LogP contribution is 2.66. The first-order chi connectivity index (χ1) is 14.9. The van der Waals surface area contributed by atoms with Crippen molar-refractivity contribution in [3.05, 3.63) is 35.7 Å². The molecule has 0 N–H and O–H groups in total. The second-order valence-electron chi connectivity index (χ2n) is 11.0. The van der Waals surface area contributed by atoms with Crippen LogP contribution in [-0.2, 0) is 11.2 Å². The molecule has 0 bridgehead atoms. The zero-order chi connectivity index (χ0) is 21.8. The largest absolute Gasteiger partial charge is 0.453 e. The van der Waals surface area contributed by atoms with Crippen LogP contribution in [0, 0.1) is 28.6 Å². The third-order valence-corrected chi connectivity index (χ3v) is 9.81. The lowest BCUT2D eigenvalue weighted by Crippen LogP contribution is -2.61. The fourth-order valence-electron chi connectivity index (χ4n) is 8.26. The van der Waals surface area contributed by atoms with E-state index in [-0.39, 0.29) is 16.9 Å². The summed E-state index contributed by atoms with van der Waals surface area (Å²) >= 11 is 0. The molecule has 6 atom stereocenters. The van der Waals surface area contributed by atoms with E-state index in [0.717, 1.165) is 37.6 Å². The van der Waals surface area contributed by atoms with E-state index in [1.807, 2.05) is 6.20 Å². The minimum atomic E-state index is -0.122. The van der Waals surface area contributed by atoms with Gasteiger partial charge >= 0.3 is 6.09 Å². The minimum absolute atomic E-state index is 0.122. The molecule has 1 amide bonds. The molecule has 4 nitrogen and oxygen atoms in total. The van der Waals surface area contributed by atoms with Gasteiger partial charge in [-0.2, -0.15) is 0 Å². The van der Waals surface area contributed by atoms with Gasteiger partial charge in [0.2, 0.25) is 0 Å². The first-order valence-electron chi connectivity index (χ1n) is 12.4. The van der Waals surface area contributed by atoms with E-state index in [0.29, 0.717) is 12.0 Å². The van der Waals surface area contributed by atoms with Gasteiger partial charge in [0.25, 0.3) is 0 Å².